The van der Waals surface area contributed by atoms with Crippen molar-refractivity contribution >= 4 is 5.91 Å². The van der Waals surface area contributed by atoms with Crippen molar-refractivity contribution in [3.63, 3.8) is 0 Å². The summed E-state index contributed by atoms with van der Waals surface area (Å²) >= 11 is 0. The maximum absolute atomic E-state index is 12.3. The summed E-state index contributed by atoms with van der Waals surface area (Å²) in [4.78, 5) is 23.0. The van der Waals surface area contributed by atoms with Crippen LogP contribution in [0.3, 0.4) is 0 Å². The molecule has 6 nitrogen and oxygen atoms in total. The summed E-state index contributed by atoms with van der Waals surface area (Å²) in [6.45, 7) is 4.98. The second-order valence-corrected chi connectivity index (χ2v) is 6.01. The van der Waals surface area contributed by atoms with Crippen LogP contribution in [0.25, 0.3) is 5.82 Å². The molecule has 2 aromatic rings. The zero-order valence-electron chi connectivity index (χ0n) is 13.5. The van der Waals surface area contributed by atoms with E-state index in [-0.39, 0.29) is 5.91 Å². The lowest BCUT2D eigenvalue weighted by molar-refractivity contribution is 0.0938. The van der Waals surface area contributed by atoms with E-state index in [2.05, 4.69) is 27.1 Å². The number of rotatable bonds is 5. The van der Waals surface area contributed by atoms with Crippen molar-refractivity contribution in [1.82, 2.24) is 24.8 Å². The molecule has 0 saturated carbocycles. The molecule has 122 valence electrons. The van der Waals surface area contributed by atoms with Crippen LogP contribution in [0.15, 0.2) is 37.1 Å². The van der Waals surface area contributed by atoms with Gasteiger partial charge in [0.1, 0.15) is 12.1 Å². The molecule has 1 N–H and O–H groups in total. The van der Waals surface area contributed by atoms with Crippen LogP contribution in [0.4, 0.5) is 0 Å². The summed E-state index contributed by atoms with van der Waals surface area (Å²) < 4.78 is 1.78. The van der Waals surface area contributed by atoms with Crippen LogP contribution in [-0.2, 0) is 0 Å². The molecule has 1 atom stereocenters. The van der Waals surface area contributed by atoms with Gasteiger partial charge in [0.05, 0.1) is 0 Å². The lowest BCUT2D eigenvalue weighted by atomic mass is 10.0. The second-order valence-electron chi connectivity index (χ2n) is 6.01. The molecule has 1 saturated heterocycles. The van der Waals surface area contributed by atoms with E-state index in [9.17, 15) is 4.79 Å². The van der Waals surface area contributed by atoms with E-state index in [1.165, 1.54) is 19.3 Å². The Morgan fingerprint density at radius 3 is 3.09 bits per heavy atom. The Hall–Kier alpha value is -2.21. The standard InChI is InChI=1S/C17H23N5O/c1-14-4-2-3-9-21(14)11-8-20-17(23)15-5-6-19-16(12-15)22-10-7-18-13-22/h5-7,10,12-14H,2-4,8-9,11H2,1H3,(H,20,23). The third-order valence-electron chi connectivity index (χ3n) is 4.40. The predicted molar refractivity (Wildman–Crippen MR) is 88.6 cm³/mol. The fourth-order valence-corrected chi connectivity index (χ4v) is 3.00. The number of aromatic nitrogens is 3. The van der Waals surface area contributed by atoms with Gasteiger partial charge in [-0.2, -0.15) is 0 Å². The van der Waals surface area contributed by atoms with Gasteiger partial charge in [0, 0.05) is 43.3 Å². The first kappa shape index (κ1) is 15.7. The average Bonchev–Trinajstić information content (AvgIpc) is 3.11. The van der Waals surface area contributed by atoms with Crippen molar-refractivity contribution < 1.29 is 4.79 Å². The van der Waals surface area contributed by atoms with Crippen molar-refractivity contribution in [1.29, 1.82) is 0 Å². The number of piperidine rings is 1. The van der Waals surface area contributed by atoms with Crippen molar-refractivity contribution in [3.05, 3.63) is 42.6 Å². The van der Waals surface area contributed by atoms with E-state index >= 15 is 0 Å². The molecule has 3 rings (SSSR count). The van der Waals surface area contributed by atoms with Gasteiger partial charge in [-0.3, -0.25) is 14.3 Å². The fraction of sp³-hybridized carbons (Fsp3) is 0.471. The summed E-state index contributed by atoms with van der Waals surface area (Å²) in [7, 11) is 0. The number of hydrogen-bond donors (Lipinski definition) is 1. The van der Waals surface area contributed by atoms with Gasteiger partial charge in [-0.25, -0.2) is 9.97 Å². The quantitative estimate of drug-likeness (QED) is 0.915. The molecule has 0 bridgehead atoms. The molecule has 0 spiro atoms. The zero-order valence-corrected chi connectivity index (χ0v) is 13.5. The molecule has 23 heavy (non-hydrogen) atoms. The Kier molecular flexibility index (Phi) is 5.02. The van der Waals surface area contributed by atoms with E-state index in [1.54, 1.807) is 35.4 Å². The summed E-state index contributed by atoms with van der Waals surface area (Å²) in [5, 5.41) is 3.01. The van der Waals surface area contributed by atoms with Crippen molar-refractivity contribution in [2.75, 3.05) is 19.6 Å². The zero-order chi connectivity index (χ0) is 16.1. The van der Waals surface area contributed by atoms with Gasteiger partial charge in [-0.1, -0.05) is 6.42 Å². The molecule has 2 aromatic heterocycles. The van der Waals surface area contributed by atoms with E-state index in [0.717, 1.165) is 13.1 Å². The van der Waals surface area contributed by atoms with Gasteiger partial charge in [0.2, 0.25) is 0 Å². The molecular formula is C17H23N5O. The smallest absolute Gasteiger partial charge is 0.251 e. The molecule has 1 aliphatic heterocycles. The van der Waals surface area contributed by atoms with Crippen molar-refractivity contribution in [3.8, 4) is 5.82 Å². The minimum absolute atomic E-state index is 0.0570. The number of amides is 1. The highest BCUT2D eigenvalue weighted by molar-refractivity contribution is 5.94. The van der Waals surface area contributed by atoms with Crippen LogP contribution in [0.1, 0.15) is 36.5 Å². The molecule has 1 fully saturated rings. The van der Waals surface area contributed by atoms with Gasteiger partial charge in [0.25, 0.3) is 5.91 Å². The lowest BCUT2D eigenvalue weighted by Gasteiger charge is -2.33. The van der Waals surface area contributed by atoms with Crippen LogP contribution in [0.5, 0.6) is 0 Å². The Labute approximate surface area is 136 Å². The predicted octanol–water partition coefficient (Wildman–Crippen LogP) is 1.87. The topological polar surface area (TPSA) is 63.1 Å². The number of nitrogens with zero attached hydrogens (tertiary/aromatic N) is 4. The van der Waals surface area contributed by atoms with E-state index in [4.69, 9.17) is 0 Å². The highest BCUT2D eigenvalue weighted by Crippen LogP contribution is 2.15. The first-order chi connectivity index (χ1) is 11.2. The largest absolute Gasteiger partial charge is 0.351 e. The number of carbonyl (C=O) groups is 1. The molecule has 0 radical (unpaired) electrons. The van der Waals surface area contributed by atoms with Gasteiger partial charge in [-0.15, -0.1) is 0 Å². The van der Waals surface area contributed by atoms with Crippen LogP contribution in [-0.4, -0.2) is 51.0 Å². The lowest BCUT2D eigenvalue weighted by Crippen LogP contribution is -2.42. The van der Waals surface area contributed by atoms with E-state index < -0.39 is 0 Å². The highest BCUT2D eigenvalue weighted by atomic mass is 16.1. The average molecular weight is 313 g/mol. The maximum atomic E-state index is 12.3. The normalized spacial score (nSPS) is 18.7. The third kappa shape index (κ3) is 3.96. The van der Waals surface area contributed by atoms with Crippen LogP contribution in [0.2, 0.25) is 0 Å². The van der Waals surface area contributed by atoms with Crippen LogP contribution in [0, 0.1) is 0 Å². The van der Waals surface area contributed by atoms with Crippen molar-refractivity contribution in [2.45, 2.75) is 32.2 Å². The number of imidazole rings is 1. The molecule has 1 aliphatic rings. The van der Waals surface area contributed by atoms with E-state index in [1.807, 2.05) is 6.20 Å². The fourth-order valence-electron chi connectivity index (χ4n) is 3.00. The Morgan fingerprint density at radius 1 is 1.39 bits per heavy atom. The van der Waals surface area contributed by atoms with E-state index in [0.29, 0.717) is 24.0 Å². The summed E-state index contributed by atoms with van der Waals surface area (Å²) in [5.74, 6) is 0.637. The number of hydrogen-bond acceptors (Lipinski definition) is 4. The van der Waals surface area contributed by atoms with Crippen LogP contribution < -0.4 is 5.32 Å². The monoisotopic (exact) mass is 313 g/mol. The van der Waals surface area contributed by atoms with Crippen molar-refractivity contribution in [2.24, 2.45) is 0 Å². The van der Waals surface area contributed by atoms with Gasteiger partial charge in [0.15, 0.2) is 0 Å². The number of pyridine rings is 1. The second kappa shape index (κ2) is 7.37. The number of likely N-dealkylation sites (tertiary alicyclic amines) is 1. The highest BCUT2D eigenvalue weighted by Gasteiger charge is 2.17. The van der Waals surface area contributed by atoms with Gasteiger partial charge in [-0.05, 0) is 38.4 Å². The third-order valence-corrected chi connectivity index (χ3v) is 4.40. The Balaban J connectivity index is 1.55. The molecule has 1 amide bonds. The van der Waals surface area contributed by atoms with Gasteiger partial charge < -0.3 is 5.32 Å². The summed E-state index contributed by atoms with van der Waals surface area (Å²) in [6, 6.07) is 4.13. The minimum atomic E-state index is -0.0570. The van der Waals surface area contributed by atoms with Gasteiger partial charge >= 0.3 is 0 Å². The SMILES string of the molecule is CC1CCCCN1CCNC(=O)c1ccnc(-n2ccnc2)c1. The summed E-state index contributed by atoms with van der Waals surface area (Å²) in [5.41, 5.74) is 0.621. The molecule has 0 aromatic carbocycles. The Morgan fingerprint density at radius 2 is 2.30 bits per heavy atom. The molecular weight excluding hydrogens is 290 g/mol. The first-order valence-corrected chi connectivity index (χ1v) is 8.20. The molecule has 1 unspecified atom stereocenters. The van der Waals surface area contributed by atoms with Crippen LogP contribution >= 0.6 is 0 Å². The Bertz CT molecular complexity index is 640. The minimum Gasteiger partial charge on any atom is -0.351 e. The summed E-state index contributed by atoms with van der Waals surface area (Å²) in [6.07, 6.45) is 10.6. The number of nitrogens with one attached hydrogen (secondary N) is 1. The molecule has 3 heterocycles. The first-order valence-electron chi connectivity index (χ1n) is 8.20. The number of carbonyl (C=O) groups excluding carboxylic acids is 1. The molecule has 0 aliphatic carbocycles. The maximum Gasteiger partial charge on any atom is 0.251 e. The molecule has 6 heteroatoms.